The van der Waals surface area contributed by atoms with Gasteiger partial charge in [-0.15, -0.1) is 0 Å². The molecule has 0 aromatic rings. The Morgan fingerprint density at radius 2 is 1.69 bits per heavy atom. The van der Waals surface area contributed by atoms with Crippen molar-refractivity contribution in [2.75, 3.05) is 6.61 Å². The third-order valence-electron chi connectivity index (χ3n) is 3.85. The molecule has 0 spiro atoms. The van der Waals surface area contributed by atoms with Gasteiger partial charge in [0.05, 0.1) is 0 Å². The van der Waals surface area contributed by atoms with E-state index in [1.807, 2.05) is 0 Å². The first-order chi connectivity index (χ1) is 5.87. The molecule has 0 heterocycles. The lowest BCUT2D eigenvalue weighted by Crippen LogP contribution is -2.33. The molecule has 0 aliphatic heterocycles. The molecule has 1 aliphatic carbocycles. The molecule has 1 rings (SSSR count). The van der Waals surface area contributed by atoms with Crippen molar-refractivity contribution in [3.8, 4) is 0 Å². The van der Waals surface area contributed by atoms with Gasteiger partial charge in [0, 0.05) is 6.61 Å². The Balaban J connectivity index is 2.50. The van der Waals surface area contributed by atoms with Gasteiger partial charge in [-0.25, -0.2) is 0 Å². The van der Waals surface area contributed by atoms with Crippen molar-refractivity contribution < 1.29 is 5.11 Å². The van der Waals surface area contributed by atoms with Gasteiger partial charge in [-0.05, 0) is 42.4 Å². The van der Waals surface area contributed by atoms with Gasteiger partial charge in [-0.2, -0.15) is 0 Å². The summed E-state index contributed by atoms with van der Waals surface area (Å²) in [6.07, 6.45) is 5.23. The Hall–Kier alpha value is -0.0400. The van der Waals surface area contributed by atoms with Gasteiger partial charge in [0.1, 0.15) is 0 Å². The molecule has 0 aromatic carbocycles. The van der Waals surface area contributed by atoms with E-state index >= 15 is 0 Å². The Morgan fingerprint density at radius 1 is 1.23 bits per heavy atom. The minimum Gasteiger partial charge on any atom is -0.396 e. The summed E-state index contributed by atoms with van der Waals surface area (Å²) < 4.78 is 0. The summed E-state index contributed by atoms with van der Waals surface area (Å²) >= 11 is 0. The van der Waals surface area contributed by atoms with Crippen molar-refractivity contribution in [3.63, 3.8) is 0 Å². The molecule has 0 saturated heterocycles. The quantitative estimate of drug-likeness (QED) is 0.698. The van der Waals surface area contributed by atoms with Gasteiger partial charge in [0.2, 0.25) is 0 Å². The Morgan fingerprint density at radius 3 is 2.08 bits per heavy atom. The van der Waals surface area contributed by atoms with Gasteiger partial charge in [-0.1, -0.05) is 27.7 Å². The van der Waals surface area contributed by atoms with Gasteiger partial charge in [0.15, 0.2) is 0 Å². The Kier molecular flexibility index (Phi) is 3.06. The van der Waals surface area contributed by atoms with E-state index in [0.717, 1.165) is 5.92 Å². The second-order valence-corrected chi connectivity index (χ2v) is 6.09. The van der Waals surface area contributed by atoms with Gasteiger partial charge < -0.3 is 5.11 Å². The maximum Gasteiger partial charge on any atom is 0.0484 e. The van der Waals surface area contributed by atoms with Crippen LogP contribution in [-0.4, -0.2) is 11.7 Å². The number of hydrogen-bond acceptors (Lipinski definition) is 1. The van der Waals surface area contributed by atoms with Crippen molar-refractivity contribution in [2.45, 2.75) is 53.4 Å². The summed E-state index contributed by atoms with van der Waals surface area (Å²) in [4.78, 5) is 0. The van der Waals surface area contributed by atoms with Crippen LogP contribution in [0, 0.1) is 16.7 Å². The zero-order valence-electron chi connectivity index (χ0n) is 9.56. The highest BCUT2D eigenvalue weighted by atomic mass is 16.3. The van der Waals surface area contributed by atoms with Crippen molar-refractivity contribution >= 4 is 0 Å². The summed E-state index contributed by atoms with van der Waals surface area (Å²) in [7, 11) is 0. The number of hydrogen-bond donors (Lipinski definition) is 1. The average Bonchev–Trinajstić information content (AvgIpc) is 2.04. The fraction of sp³-hybridized carbons (Fsp3) is 1.00. The molecule has 1 N–H and O–H groups in total. The van der Waals surface area contributed by atoms with Crippen LogP contribution in [0.2, 0.25) is 0 Å². The van der Waals surface area contributed by atoms with E-state index in [4.69, 9.17) is 0 Å². The normalized spacial score (nSPS) is 24.7. The molecule has 0 unspecified atom stereocenters. The number of aliphatic hydroxyl groups is 1. The van der Waals surface area contributed by atoms with Crippen LogP contribution in [-0.2, 0) is 0 Å². The van der Waals surface area contributed by atoms with Crippen molar-refractivity contribution in [2.24, 2.45) is 16.7 Å². The highest BCUT2D eigenvalue weighted by Crippen LogP contribution is 2.44. The minimum atomic E-state index is 0.135. The molecule has 1 heteroatoms. The minimum absolute atomic E-state index is 0.135. The molecular formula is C12H24O. The second kappa shape index (κ2) is 3.61. The third-order valence-corrected chi connectivity index (χ3v) is 3.85. The zero-order chi connectivity index (χ0) is 10.1. The number of aliphatic hydroxyl groups excluding tert-OH is 1. The molecule has 0 amide bonds. The fourth-order valence-corrected chi connectivity index (χ4v) is 2.31. The van der Waals surface area contributed by atoms with E-state index in [0.29, 0.717) is 12.0 Å². The largest absolute Gasteiger partial charge is 0.396 e. The van der Waals surface area contributed by atoms with Crippen molar-refractivity contribution in [3.05, 3.63) is 0 Å². The maximum atomic E-state index is 9.28. The van der Waals surface area contributed by atoms with E-state index in [9.17, 15) is 5.11 Å². The first-order valence-electron chi connectivity index (χ1n) is 5.48. The lowest BCUT2D eigenvalue weighted by molar-refractivity contribution is 0.0468. The predicted molar refractivity (Wildman–Crippen MR) is 56.6 cm³/mol. The van der Waals surface area contributed by atoms with Crippen LogP contribution < -0.4 is 0 Å². The Bertz CT molecular complexity index is 160. The van der Waals surface area contributed by atoms with Crippen LogP contribution in [0.15, 0.2) is 0 Å². The Labute approximate surface area is 82.5 Å². The summed E-state index contributed by atoms with van der Waals surface area (Å²) in [5, 5.41) is 9.28. The molecule has 0 radical (unpaired) electrons. The molecule has 1 fully saturated rings. The van der Waals surface area contributed by atoms with Crippen LogP contribution in [0.25, 0.3) is 0 Å². The zero-order valence-corrected chi connectivity index (χ0v) is 9.56. The predicted octanol–water partition coefficient (Wildman–Crippen LogP) is 3.22. The molecule has 1 nitrogen and oxygen atoms in total. The molecule has 0 aromatic heterocycles. The first kappa shape index (κ1) is 11.0. The van der Waals surface area contributed by atoms with E-state index < -0.39 is 0 Å². The van der Waals surface area contributed by atoms with Crippen molar-refractivity contribution in [1.29, 1.82) is 0 Å². The summed E-state index contributed by atoms with van der Waals surface area (Å²) in [5.74, 6) is 0.727. The number of rotatable bonds is 2. The highest BCUT2D eigenvalue weighted by molar-refractivity contribution is 4.85. The fourth-order valence-electron chi connectivity index (χ4n) is 2.31. The molecular weight excluding hydrogens is 160 g/mol. The first-order valence-corrected chi connectivity index (χ1v) is 5.48. The topological polar surface area (TPSA) is 20.2 Å². The van der Waals surface area contributed by atoms with Crippen LogP contribution in [0.1, 0.15) is 53.4 Å². The standard InChI is InChI=1S/C12H24O/c1-11(2)7-5-10(6-8-11)12(3,4)9-13/h10,13H,5-9H2,1-4H3. The smallest absolute Gasteiger partial charge is 0.0484 e. The summed E-state index contributed by atoms with van der Waals surface area (Å²) in [6, 6.07) is 0. The highest BCUT2D eigenvalue weighted by Gasteiger charge is 2.35. The third kappa shape index (κ3) is 2.70. The van der Waals surface area contributed by atoms with Crippen LogP contribution in [0.4, 0.5) is 0 Å². The average molecular weight is 184 g/mol. The van der Waals surface area contributed by atoms with Crippen LogP contribution in [0.3, 0.4) is 0 Å². The summed E-state index contributed by atoms with van der Waals surface area (Å²) in [6.45, 7) is 9.43. The SMILES string of the molecule is CC1(C)CCC(C(C)(C)CO)CC1. The van der Waals surface area contributed by atoms with E-state index in [2.05, 4.69) is 27.7 Å². The molecule has 0 atom stereocenters. The van der Waals surface area contributed by atoms with E-state index in [1.165, 1.54) is 25.7 Å². The molecule has 78 valence electrons. The lowest BCUT2D eigenvalue weighted by atomic mass is 9.65. The lowest BCUT2D eigenvalue weighted by Gasteiger charge is -2.41. The van der Waals surface area contributed by atoms with Crippen molar-refractivity contribution in [1.82, 2.24) is 0 Å². The van der Waals surface area contributed by atoms with Gasteiger partial charge in [0.25, 0.3) is 0 Å². The molecule has 0 bridgehead atoms. The van der Waals surface area contributed by atoms with Crippen LogP contribution >= 0.6 is 0 Å². The summed E-state index contributed by atoms with van der Waals surface area (Å²) in [5.41, 5.74) is 0.679. The van der Waals surface area contributed by atoms with Crippen LogP contribution in [0.5, 0.6) is 0 Å². The molecule has 13 heavy (non-hydrogen) atoms. The molecule has 1 saturated carbocycles. The molecule has 1 aliphatic rings. The second-order valence-electron chi connectivity index (χ2n) is 6.09. The maximum absolute atomic E-state index is 9.28. The van der Waals surface area contributed by atoms with Gasteiger partial charge in [-0.3, -0.25) is 0 Å². The van der Waals surface area contributed by atoms with E-state index in [-0.39, 0.29) is 5.41 Å². The van der Waals surface area contributed by atoms with E-state index in [1.54, 1.807) is 0 Å². The monoisotopic (exact) mass is 184 g/mol. The van der Waals surface area contributed by atoms with Gasteiger partial charge >= 0.3 is 0 Å².